The average molecular weight is 303 g/mol. The minimum absolute atomic E-state index is 0.149. The second kappa shape index (κ2) is 8.61. The maximum absolute atomic E-state index is 11.8. The summed E-state index contributed by atoms with van der Waals surface area (Å²) in [5.41, 5.74) is 1.24. The number of amides is 3. The first-order valence-electron chi connectivity index (χ1n) is 6.97. The Bertz CT molecular complexity index is 570. The van der Waals surface area contributed by atoms with E-state index < -0.39 is 0 Å². The molecule has 0 radical (unpaired) electrons. The van der Waals surface area contributed by atoms with Crippen LogP contribution in [0.25, 0.3) is 0 Å². The van der Waals surface area contributed by atoms with Crippen LogP contribution in [0.3, 0.4) is 0 Å². The Hall–Kier alpha value is -2.63. The molecule has 0 aromatic heterocycles. The van der Waals surface area contributed by atoms with Crippen molar-refractivity contribution in [2.45, 2.75) is 20.3 Å². The van der Waals surface area contributed by atoms with Gasteiger partial charge in [0.2, 0.25) is 17.7 Å². The van der Waals surface area contributed by atoms with Gasteiger partial charge < -0.3 is 15.5 Å². The third-order valence-corrected chi connectivity index (χ3v) is 2.86. The van der Waals surface area contributed by atoms with Gasteiger partial charge in [0.25, 0.3) is 0 Å². The van der Waals surface area contributed by atoms with Crippen LogP contribution in [0, 0.1) is 0 Å². The van der Waals surface area contributed by atoms with E-state index in [9.17, 15) is 14.4 Å². The van der Waals surface area contributed by atoms with E-state index in [4.69, 9.17) is 0 Å². The molecule has 0 spiro atoms. The third-order valence-electron chi connectivity index (χ3n) is 2.86. The summed E-state index contributed by atoms with van der Waals surface area (Å²) < 4.78 is 0. The number of benzene rings is 1. The molecule has 0 atom stereocenters. The Labute approximate surface area is 130 Å². The van der Waals surface area contributed by atoms with Crippen molar-refractivity contribution < 1.29 is 14.4 Å². The zero-order valence-corrected chi connectivity index (χ0v) is 12.9. The van der Waals surface area contributed by atoms with Gasteiger partial charge in [-0.05, 0) is 18.2 Å². The Morgan fingerprint density at radius 3 is 2.59 bits per heavy atom. The topological polar surface area (TPSA) is 78.5 Å². The van der Waals surface area contributed by atoms with E-state index in [1.54, 1.807) is 30.3 Å². The summed E-state index contributed by atoms with van der Waals surface area (Å²) in [6.07, 6.45) is 1.79. The van der Waals surface area contributed by atoms with Gasteiger partial charge in [-0.15, -0.1) is 6.58 Å². The number of carbonyl (C=O) groups is 3. The minimum Gasteiger partial charge on any atom is -0.353 e. The first kappa shape index (κ1) is 17.4. The Morgan fingerprint density at radius 1 is 1.27 bits per heavy atom. The molecule has 1 aromatic rings. The summed E-state index contributed by atoms with van der Waals surface area (Å²) in [4.78, 5) is 36.0. The van der Waals surface area contributed by atoms with Crippen LogP contribution in [0.2, 0.25) is 0 Å². The van der Waals surface area contributed by atoms with E-state index in [-0.39, 0.29) is 30.7 Å². The Balaban J connectivity index is 2.78. The molecular weight excluding hydrogens is 282 g/mol. The lowest BCUT2D eigenvalue weighted by Crippen LogP contribution is -2.34. The second-order valence-corrected chi connectivity index (χ2v) is 4.74. The minimum atomic E-state index is -0.185. The van der Waals surface area contributed by atoms with Crippen molar-refractivity contribution in [1.29, 1.82) is 0 Å². The molecule has 0 heterocycles. The number of nitrogens with zero attached hydrogens (tertiary/aromatic N) is 1. The van der Waals surface area contributed by atoms with E-state index in [2.05, 4.69) is 17.2 Å². The van der Waals surface area contributed by atoms with Gasteiger partial charge in [0.05, 0.1) is 0 Å². The SMILES string of the molecule is C=CCNC(=O)CCN(C(C)=O)c1cccc(NC(C)=O)c1. The largest absolute Gasteiger partial charge is 0.353 e. The van der Waals surface area contributed by atoms with Crippen molar-refractivity contribution in [1.82, 2.24) is 5.32 Å². The molecule has 22 heavy (non-hydrogen) atoms. The molecule has 118 valence electrons. The summed E-state index contributed by atoms with van der Waals surface area (Å²) in [6.45, 7) is 7.04. The van der Waals surface area contributed by atoms with E-state index >= 15 is 0 Å². The summed E-state index contributed by atoms with van der Waals surface area (Å²) in [5.74, 6) is -0.504. The van der Waals surface area contributed by atoms with Crippen LogP contribution in [-0.4, -0.2) is 30.8 Å². The predicted octanol–water partition coefficient (Wildman–Crippen LogP) is 1.69. The van der Waals surface area contributed by atoms with Crippen LogP contribution in [-0.2, 0) is 14.4 Å². The van der Waals surface area contributed by atoms with E-state index in [0.29, 0.717) is 17.9 Å². The van der Waals surface area contributed by atoms with Crippen LogP contribution in [0.15, 0.2) is 36.9 Å². The molecule has 0 aliphatic heterocycles. The van der Waals surface area contributed by atoms with Crippen molar-refractivity contribution in [3.05, 3.63) is 36.9 Å². The van der Waals surface area contributed by atoms with Gasteiger partial charge in [-0.1, -0.05) is 12.1 Å². The van der Waals surface area contributed by atoms with Gasteiger partial charge in [-0.2, -0.15) is 0 Å². The lowest BCUT2D eigenvalue weighted by molar-refractivity contribution is -0.121. The summed E-state index contributed by atoms with van der Waals surface area (Å²) in [7, 11) is 0. The standard InChI is InChI=1S/C16H21N3O3/c1-4-9-17-16(22)8-10-19(13(3)21)15-7-5-6-14(11-15)18-12(2)20/h4-7,11H,1,8-10H2,2-3H3,(H,17,22)(H,18,20). The molecule has 0 saturated heterocycles. The third kappa shape index (κ3) is 5.78. The van der Waals surface area contributed by atoms with Gasteiger partial charge in [0.15, 0.2) is 0 Å². The molecule has 6 heteroatoms. The smallest absolute Gasteiger partial charge is 0.223 e. The van der Waals surface area contributed by atoms with E-state index in [0.717, 1.165) is 0 Å². The Morgan fingerprint density at radius 2 is 2.00 bits per heavy atom. The Kier molecular flexibility index (Phi) is 6.82. The molecule has 1 rings (SSSR count). The van der Waals surface area contributed by atoms with Crippen LogP contribution < -0.4 is 15.5 Å². The van der Waals surface area contributed by atoms with E-state index in [1.807, 2.05) is 0 Å². The number of hydrogen-bond donors (Lipinski definition) is 2. The lowest BCUT2D eigenvalue weighted by Gasteiger charge is -2.21. The molecular formula is C16H21N3O3. The molecule has 1 aromatic carbocycles. The highest BCUT2D eigenvalue weighted by atomic mass is 16.2. The van der Waals surface area contributed by atoms with Crippen molar-refractivity contribution in [3.8, 4) is 0 Å². The van der Waals surface area contributed by atoms with Crippen LogP contribution >= 0.6 is 0 Å². The van der Waals surface area contributed by atoms with Gasteiger partial charge in [-0.3, -0.25) is 14.4 Å². The van der Waals surface area contributed by atoms with Gasteiger partial charge in [-0.25, -0.2) is 0 Å². The highest BCUT2D eigenvalue weighted by Crippen LogP contribution is 2.20. The molecule has 0 fully saturated rings. The van der Waals surface area contributed by atoms with E-state index in [1.165, 1.54) is 18.7 Å². The van der Waals surface area contributed by atoms with Crippen molar-refractivity contribution in [2.75, 3.05) is 23.3 Å². The molecule has 0 bridgehead atoms. The number of anilines is 2. The number of carbonyl (C=O) groups excluding carboxylic acids is 3. The second-order valence-electron chi connectivity index (χ2n) is 4.74. The first-order valence-corrected chi connectivity index (χ1v) is 6.97. The summed E-state index contributed by atoms with van der Waals surface area (Å²) >= 11 is 0. The zero-order valence-electron chi connectivity index (χ0n) is 12.9. The van der Waals surface area contributed by atoms with Crippen LogP contribution in [0.5, 0.6) is 0 Å². The van der Waals surface area contributed by atoms with Crippen LogP contribution in [0.1, 0.15) is 20.3 Å². The molecule has 2 N–H and O–H groups in total. The molecule has 0 aliphatic carbocycles. The van der Waals surface area contributed by atoms with Gasteiger partial charge in [0, 0.05) is 44.7 Å². The van der Waals surface area contributed by atoms with Gasteiger partial charge >= 0.3 is 0 Å². The number of hydrogen-bond acceptors (Lipinski definition) is 3. The van der Waals surface area contributed by atoms with Gasteiger partial charge in [0.1, 0.15) is 0 Å². The zero-order chi connectivity index (χ0) is 16.5. The summed E-state index contributed by atoms with van der Waals surface area (Å²) in [5, 5.41) is 5.33. The lowest BCUT2D eigenvalue weighted by atomic mass is 10.2. The fourth-order valence-corrected chi connectivity index (χ4v) is 1.91. The number of rotatable bonds is 7. The fraction of sp³-hybridized carbons (Fsp3) is 0.312. The van der Waals surface area contributed by atoms with Crippen molar-refractivity contribution in [3.63, 3.8) is 0 Å². The molecule has 6 nitrogen and oxygen atoms in total. The maximum atomic E-state index is 11.8. The maximum Gasteiger partial charge on any atom is 0.223 e. The predicted molar refractivity (Wildman–Crippen MR) is 86.6 cm³/mol. The molecule has 0 unspecified atom stereocenters. The first-order chi connectivity index (χ1) is 10.4. The van der Waals surface area contributed by atoms with Crippen molar-refractivity contribution in [2.24, 2.45) is 0 Å². The normalized spacial score (nSPS) is 9.73. The highest BCUT2D eigenvalue weighted by molar-refractivity contribution is 5.94. The quantitative estimate of drug-likeness (QED) is 0.752. The summed E-state index contributed by atoms with van der Waals surface area (Å²) in [6, 6.07) is 6.94. The number of nitrogens with one attached hydrogen (secondary N) is 2. The molecule has 0 aliphatic rings. The molecule has 0 saturated carbocycles. The molecule has 3 amide bonds. The van der Waals surface area contributed by atoms with Crippen LogP contribution in [0.4, 0.5) is 11.4 Å². The fourth-order valence-electron chi connectivity index (χ4n) is 1.91. The average Bonchev–Trinajstić information content (AvgIpc) is 2.44. The van der Waals surface area contributed by atoms with Crippen molar-refractivity contribution >= 4 is 29.1 Å². The highest BCUT2D eigenvalue weighted by Gasteiger charge is 2.13. The monoisotopic (exact) mass is 303 g/mol.